The zero-order chi connectivity index (χ0) is 23.4. The maximum absolute atomic E-state index is 13.3. The van der Waals surface area contributed by atoms with E-state index in [4.69, 9.17) is 14.2 Å². The molecule has 0 bridgehead atoms. The Bertz CT molecular complexity index is 990. The Morgan fingerprint density at radius 2 is 1.81 bits per heavy atom. The van der Waals surface area contributed by atoms with Gasteiger partial charge in [0.05, 0.1) is 37.8 Å². The van der Waals surface area contributed by atoms with Gasteiger partial charge in [0.25, 0.3) is 5.91 Å². The summed E-state index contributed by atoms with van der Waals surface area (Å²) >= 11 is 1.26. The van der Waals surface area contributed by atoms with Crippen molar-refractivity contribution >= 4 is 23.0 Å². The molecule has 3 rings (SSSR count). The lowest BCUT2D eigenvalue weighted by molar-refractivity contribution is -0.129. The van der Waals surface area contributed by atoms with Crippen LogP contribution in [0.4, 0.5) is 0 Å². The fourth-order valence-electron chi connectivity index (χ4n) is 3.82. The van der Waals surface area contributed by atoms with E-state index in [-0.39, 0.29) is 11.4 Å². The number of amides is 1. The first-order chi connectivity index (χ1) is 15.3. The Kier molecular flexibility index (Phi) is 7.42. The third-order valence-corrected chi connectivity index (χ3v) is 6.17. The number of thiophene rings is 1. The highest BCUT2D eigenvalue weighted by Gasteiger charge is 2.44. The molecule has 0 aliphatic carbocycles. The summed E-state index contributed by atoms with van der Waals surface area (Å²) in [6.45, 7) is 1.12. The fourth-order valence-corrected chi connectivity index (χ4v) is 4.50. The third-order valence-electron chi connectivity index (χ3n) is 5.30. The van der Waals surface area contributed by atoms with Crippen molar-refractivity contribution in [3.63, 3.8) is 0 Å². The smallest absolute Gasteiger partial charge is 0.290 e. The molecule has 1 aliphatic rings. The highest BCUT2D eigenvalue weighted by molar-refractivity contribution is 7.12. The second-order valence-electron chi connectivity index (χ2n) is 7.59. The number of nitrogens with zero attached hydrogens (tertiary/aromatic N) is 2. The maximum atomic E-state index is 13.3. The van der Waals surface area contributed by atoms with Gasteiger partial charge in [-0.25, -0.2) is 0 Å². The van der Waals surface area contributed by atoms with E-state index in [1.165, 1.54) is 37.6 Å². The highest BCUT2D eigenvalue weighted by Crippen LogP contribution is 2.45. The molecule has 1 aliphatic heterocycles. The van der Waals surface area contributed by atoms with Crippen molar-refractivity contribution in [2.45, 2.75) is 12.5 Å². The van der Waals surface area contributed by atoms with Gasteiger partial charge in [-0.1, -0.05) is 6.07 Å². The zero-order valence-corrected chi connectivity index (χ0v) is 19.7. The molecule has 0 saturated heterocycles. The lowest BCUT2D eigenvalue weighted by atomic mass is 9.94. The third kappa shape index (κ3) is 4.44. The maximum Gasteiger partial charge on any atom is 0.290 e. The first-order valence-electron chi connectivity index (χ1n) is 10.1. The van der Waals surface area contributed by atoms with Crippen LogP contribution in [0.1, 0.15) is 27.7 Å². The summed E-state index contributed by atoms with van der Waals surface area (Å²) < 4.78 is 16.4. The predicted molar refractivity (Wildman–Crippen MR) is 122 cm³/mol. The van der Waals surface area contributed by atoms with E-state index in [2.05, 4.69) is 0 Å². The molecular weight excluding hydrogens is 432 g/mol. The number of rotatable bonds is 10. The van der Waals surface area contributed by atoms with Crippen LogP contribution < -0.4 is 14.2 Å². The number of aliphatic hydroxyl groups is 1. The molecule has 2 aromatic rings. The molecule has 1 atom stereocenters. The van der Waals surface area contributed by atoms with Crippen LogP contribution in [0.3, 0.4) is 0 Å². The average molecular weight is 461 g/mol. The summed E-state index contributed by atoms with van der Waals surface area (Å²) in [5.74, 6) is -0.260. The van der Waals surface area contributed by atoms with Crippen molar-refractivity contribution in [1.29, 1.82) is 0 Å². The molecular formula is C23H28N2O6S. The van der Waals surface area contributed by atoms with Crippen LogP contribution in [0.25, 0.3) is 0 Å². The molecule has 0 spiro atoms. The van der Waals surface area contributed by atoms with Crippen LogP contribution >= 0.6 is 11.3 Å². The second kappa shape index (κ2) is 10.1. The molecule has 1 aromatic carbocycles. The van der Waals surface area contributed by atoms with Gasteiger partial charge >= 0.3 is 0 Å². The first kappa shape index (κ1) is 23.6. The van der Waals surface area contributed by atoms with E-state index in [1.807, 2.05) is 19.0 Å². The van der Waals surface area contributed by atoms with Gasteiger partial charge in [0.2, 0.25) is 11.5 Å². The van der Waals surface area contributed by atoms with Crippen LogP contribution in [-0.2, 0) is 4.79 Å². The Balaban J connectivity index is 2.13. The van der Waals surface area contributed by atoms with E-state index in [1.54, 1.807) is 29.6 Å². The van der Waals surface area contributed by atoms with Gasteiger partial charge in [0.15, 0.2) is 17.3 Å². The normalized spacial score (nSPS) is 16.1. The number of carbonyl (C=O) groups excluding carboxylic acids is 2. The molecule has 32 heavy (non-hydrogen) atoms. The van der Waals surface area contributed by atoms with Gasteiger partial charge in [-0.15, -0.1) is 11.3 Å². The van der Waals surface area contributed by atoms with E-state index in [0.29, 0.717) is 40.7 Å². The summed E-state index contributed by atoms with van der Waals surface area (Å²) in [6.07, 6.45) is 0.674. The molecule has 172 valence electrons. The molecule has 0 saturated carbocycles. The fraction of sp³-hybridized carbons (Fsp3) is 0.391. The van der Waals surface area contributed by atoms with Crippen molar-refractivity contribution in [2.24, 2.45) is 0 Å². The topological polar surface area (TPSA) is 88.5 Å². The van der Waals surface area contributed by atoms with E-state index >= 15 is 0 Å². The molecule has 0 radical (unpaired) electrons. The Morgan fingerprint density at radius 3 is 2.31 bits per heavy atom. The van der Waals surface area contributed by atoms with E-state index in [9.17, 15) is 14.7 Å². The molecule has 1 aromatic heterocycles. The second-order valence-corrected chi connectivity index (χ2v) is 8.53. The minimum Gasteiger partial charge on any atom is -0.503 e. The minimum absolute atomic E-state index is 0.0524. The number of benzene rings is 1. The standard InChI is InChI=1S/C23H28N2O6S/c1-24(2)9-7-10-25-19(14-12-15(29-3)22(31-5)16(13-14)30-4)18(21(27)23(25)28)20(26)17-8-6-11-32-17/h6,8,11-13,19,27H,7,9-10H2,1-5H3/t19-/m0/s1. The van der Waals surface area contributed by atoms with E-state index in [0.717, 1.165) is 6.54 Å². The predicted octanol–water partition coefficient (Wildman–Crippen LogP) is 3.30. The molecule has 0 unspecified atom stereocenters. The molecule has 8 nitrogen and oxygen atoms in total. The van der Waals surface area contributed by atoms with Gasteiger partial charge in [-0.3, -0.25) is 9.59 Å². The molecule has 1 N–H and O–H groups in total. The number of carbonyl (C=O) groups is 2. The van der Waals surface area contributed by atoms with Crippen molar-refractivity contribution in [3.05, 3.63) is 51.4 Å². The van der Waals surface area contributed by atoms with Gasteiger partial charge in [0.1, 0.15) is 0 Å². The van der Waals surface area contributed by atoms with Crippen molar-refractivity contribution < 1.29 is 28.9 Å². The van der Waals surface area contributed by atoms with Crippen LogP contribution in [0.15, 0.2) is 41.0 Å². The molecule has 9 heteroatoms. The number of ketones is 1. The highest BCUT2D eigenvalue weighted by atomic mass is 32.1. The van der Waals surface area contributed by atoms with Crippen molar-refractivity contribution in [2.75, 3.05) is 48.5 Å². The largest absolute Gasteiger partial charge is 0.503 e. The number of hydrogen-bond donors (Lipinski definition) is 1. The van der Waals surface area contributed by atoms with Crippen LogP contribution in [0.5, 0.6) is 17.2 Å². The van der Waals surface area contributed by atoms with Gasteiger partial charge < -0.3 is 29.1 Å². The Morgan fingerprint density at radius 1 is 1.16 bits per heavy atom. The minimum atomic E-state index is -0.784. The van der Waals surface area contributed by atoms with Crippen LogP contribution in [0, 0.1) is 0 Å². The van der Waals surface area contributed by atoms with Crippen LogP contribution in [-0.4, -0.2) is 75.1 Å². The number of hydrogen-bond acceptors (Lipinski definition) is 8. The zero-order valence-electron chi connectivity index (χ0n) is 18.9. The first-order valence-corrected chi connectivity index (χ1v) is 11.0. The summed E-state index contributed by atoms with van der Waals surface area (Å²) in [5, 5.41) is 12.5. The number of aliphatic hydroxyl groups excluding tert-OH is 1. The molecule has 0 fully saturated rings. The lowest BCUT2D eigenvalue weighted by Crippen LogP contribution is -2.33. The number of Topliss-reactive ketones (excluding diaryl/α,β-unsaturated/α-hetero) is 1. The summed E-state index contributed by atoms with van der Waals surface area (Å²) in [5.41, 5.74) is 0.637. The number of methoxy groups -OCH3 is 3. The molecule has 1 amide bonds. The number of ether oxygens (including phenoxy) is 3. The Hall–Kier alpha value is -3.04. The van der Waals surface area contributed by atoms with Crippen molar-refractivity contribution in [1.82, 2.24) is 9.80 Å². The van der Waals surface area contributed by atoms with Gasteiger partial charge in [-0.2, -0.15) is 0 Å². The summed E-state index contributed by atoms with van der Waals surface area (Å²) in [7, 11) is 8.40. The van der Waals surface area contributed by atoms with Crippen molar-refractivity contribution in [3.8, 4) is 17.2 Å². The average Bonchev–Trinajstić information content (AvgIpc) is 3.40. The summed E-state index contributed by atoms with van der Waals surface area (Å²) in [4.78, 5) is 30.4. The van der Waals surface area contributed by atoms with E-state index < -0.39 is 17.7 Å². The monoisotopic (exact) mass is 460 g/mol. The Labute approximate surface area is 191 Å². The quantitative estimate of drug-likeness (QED) is 0.544. The summed E-state index contributed by atoms with van der Waals surface area (Å²) in [6, 6.07) is 6.07. The molecule has 2 heterocycles. The lowest BCUT2D eigenvalue weighted by Gasteiger charge is -2.28. The van der Waals surface area contributed by atoms with Gasteiger partial charge in [-0.05, 0) is 56.2 Å². The van der Waals surface area contributed by atoms with Gasteiger partial charge in [0, 0.05) is 6.54 Å². The van der Waals surface area contributed by atoms with Crippen LogP contribution in [0.2, 0.25) is 0 Å². The SMILES string of the molecule is COc1cc([C@H]2C(C(=O)c3cccs3)=C(O)C(=O)N2CCCN(C)C)cc(OC)c1OC.